The Bertz CT molecular complexity index is 490. The van der Waals surface area contributed by atoms with Gasteiger partial charge in [0.15, 0.2) is 5.96 Å². The summed E-state index contributed by atoms with van der Waals surface area (Å²) in [6, 6.07) is 2.49. The summed E-state index contributed by atoms with van der Waals surface area (Å²) in [7, 11) is 0. The molecule has 2 rings (SSSR count). The molecule has 0 aromatic carbocycles. The molecule has 1 atom stereocenters. The minimum absolute atomic E-state index is 0. The Morgan fingerprint density at radius 3 is 2.73 bits per heavy atom. The van der Waals surface area contributed by atoms with Crippen LogP contribution in [0.3, 0.4) is 0 Å². The van der Waals surface area contributed by atoms with E-state index in [4.69, 9.17) is 10.5 Å². The Kier molecular flexibility index (Phi) is 12.4. The number of hydrogen-bond acceptors (Lipinski definition) is 5. The number of rotatable bonds is 10. The van der Waals surface area contributed by atoms with Crippen molar-refractivity contribution in [2.75, 3.05) is 59.0 Å². The molecule has 1 aliphatic rings. The summed E-state index contributed by atoms with van der Waals surface area (Å²) < 4.78 is 5.37. The van der Waals surface area contributed by atoms with E-state index in [9.17, 15) is 0 Å². The van der Waals surface area contributed by atoms with Gasteiger partial charge in [0, 0.05) is 19.6 Å². The molecule has 1 unspecified atom stereocenters. The number of aliphatic imine (C=N–C) groups is 1. The second-order valence-electron chi connectivity index (χ2n) is 6.25. The highest BCUT2D eigenvalue weighted by atomic mass is 127. The molecule has 1 fully saturated rings. The first-order chi connectivity index (χ1) is 12.2. The lowest BCUT2D eigenvalue weighted by Crippen LogP contribution is -2.39. The van der Waals surface area contributed by atoms with E-state index < -0.39 is 0 Å². The predicted octanol–water partition coefficient (Wildman–Crippen LogP) is 2.38. The van der Waals surface area contributed by atoms with E-state index in [1.807, 2.05) is 0 Å². The van der Waals surface area contributed by atoms with Crippen LogP contribution in [0.15, 0.2) is 21.8 Å². The van der Waals surface area contributed by atoms with Crippen LogP contribution in [0.25, 0.3) is 0 Å². The fraction of sp³-hybridized carbons (Fsp3) is 0.722. The normalized spacial score (nSPS) is 17.1. The zero-order valence-corrected chi connectivity index (χ0v) is 19.2. The van der Waals surface area contributed by atoms with Crippen molar-refractivity contribution >= 4 is 41.3 Å². The van der Waals surface area contributed by atoms with Crippen molar-refractivity contribution in [1.29, 1.82) is 0 Å². The zero-order chi connectivity index (χ0) is 17.9. The third kappa shape index (κ3) is 8.08. The van der Waals surface area contributed by atoms with Crippen molar-refractivity contribution in [3.8, 4) is 0 Å². The molecule has 6 nitrogen and oxygen atoms in total. The van der Waals surface area contributed by atoms with Crippen LogP contribution in [0.1, 0.15) is 31.9 Å². The molecule has 150 valence electrons. The molecule has 0 bridgehead atoms. The lowest BCUT2D eigenvalue weighted by Gasteiger charge is -2.28. The van der Waals surface area contributed by atoms with Gasteiger partial charge in [0.05, 0.1) is 25.8 Å². The summed E-state index contributed by atoms with van der Waals surface area (Å²) in [4.78, 5) is 9.46. The molecule has 1 aliphatic heterocycles. The molecule has 0 radical (unpaired) electrons. The Labute approximate surface area is 179 Å². The molecule has 1 aromatic heterocycles. The third-order valence-electron chi connectivity index (χ3n) is 4.68. The van der Waals surface area contributed by atoms with Gasteiger partial charge in [-0.15, -0.1) is 24.0 Å². The highest BCUT2D eigenvalue weighted by Crippen LogP contribution is 2.23. The Morgan fingerprint density at radius 2 is 2.12 bits per heavy atom. The van der Waals surface area contributed by atoms with Crippen LogP contribution in [0.2, 0.25) is 0 Å². The van der Waals surface area contributed by atoms with E-state index in [-0.39, 0.29) is 24.0 Å². The first-order valence-electron chi connectivity index (χ1n) is 9.34. The van der Waals surface area contributed by atoms with Gasteiger partial charge in [-0.1, -0.05) is 13.8 Å². The molecule has 26 heavy (non-hydrogen) atoms. The van der Waals surface area contributed by atoms with E-state index in [0.717, 1.165) is 58.9 Å². The molecule has 0 saturated carbocycles. The fourth-order valence-electron chi connectivity index (χ4n) is 3.15. The molecule has 8 heteroatoms. The molecule has 3 N–H and O–H groups in total. The van der Waals surface area contributed by atoms with Crippen LogP contribution in [-0.2, 0) is 4.74 Å². The SMILES string of the molecule is CCN(CC)C(CN=C(N)NCCCN1CCOCC1)c1ccsc1.I. The molecule has 1 saturated heterocycles. The van der Waals surface area contributed by atoms with Crippen LogP contribution in [0, 0.1) is 0 Å². The highest BCUT2D eigenvalue weighted by Gasteiger charge is 2.18. The monoisotopic (exact) mass is 495 g/mol. The number of ether oxygens (including phenoxy) is 1. The standard InChI is InChI=1S/C18H33N5OS.HI/c1-3-23(4-2)17(16-6-13-25-15-16)14-21-18(19)20-7-5-8-22-9-11-24-12-10-22;/h6,13,15,17H,3-5,7-12,14H2,1-2H3,(H3,19,20,21);1H. The Morgan fingerprint density at radius 1 is 1.38 bits per heavy atom. The minimum Gasteiger partial charge on any atom is -0.379 e. The van der Waals surface area contributed by atoms with Gasteiger partial charge in [0.1, 0.15) is 0 Å². The van der Waals surface area contributed by atoms with Crippen molar-refractivity contribution in [1.82, 2.24) is 15.1 Å². The average Bonchev–Trinajstić information content (AvgIpc) is 3.17. The minimum atomic E-state index is 0. The Hall–Kier alpha value is -0.420. The number of morpholine rings is 1. The van der Waals surface area contributed by atoms with Gasteiger partial charge in [-0.25, -0.2) is 0 Å². The van der Waals surface area contributed by atoms with Crippen molar-refractivity contribution < 1.29 is 4.74 Å². The molecule has 1 aromatic rings. The second kappa shape index (κ2) is 13.7. The first-order valence-corrected chi connectivity index (χ1v) is 10.3. The van der Waals surface area contributed by atoms with Crippen molar-refractivity contribution in [2.24, 2.45) is 10.7 Å². The maximum absolute atomic E-state index is 6.07. The smallest absolute Gasteiger partial charge is 0.188 e. The number of hydrogen-bond donors (Lipinski definition) is 2. The molecular formula is C18H34IN5OS. The van der Waals surface area contributed by atoms with E-state index in [1.165, 1.54) is 5.56 Å². The maximum Gasteiger partial charge on any atom is 0.188 e. The summed E-state index contributed by atoms with van der Waals surface area (Å²) in [6.07, 6.45) is 1.07. The van der Waals surface area contributed by atoms with Gasteiger partial charge in [-0.2, -0.15) is 11.3 Å². The molecular weight excluding hydrogens is 461 g/mol. The fourth-order valence-corrected chi connectivity index (χ4v) is 3.85. The van der Waals surface area contributed by atoms with E-state index in [2.05, 4.69) is 50.8 Å². The zero-order valence-electron chi connectivity index (χ0n) is 16.0. The number of nitrogens with one attached hydrogen (secondary N) is 1. The number of likely N-dealkylation sites (N-methyl/N-ethyl adjacent to an activating group) is 1. The van der Waals surface area contributed by atoms with E-state index in [0.29, 0.717) is 18.5 Å². The first kappa shape index (κ1) is 23.6. The molecule has 0 spiro atoms. The number of thiophene rings is 1. The van der Waals surface area contributed by atoms with Crippen LogP contribution in [-0.4, -0.2) is 74.8 Å². The van der Waals surface area contributed by atoms with Gasteiger partial charge in [-0.05, 0) is 48.4 Å². The number of guanidine groups is 1. The lowest BCUT2D eigenvalue weighted by atomic mass is 10.1. The summed E-state index contributed by atoms with van der Waals surface area (Å²) >= 11 is 1.74. The molecule has 0 amide bonds. The van der Waals surface area contributed by atoms with Crippen molar-refractivity contribution in [2.45, 2.75) is 26.3 Å². The van der Waals surface area contributed by atoms with Gasteiger partial charge >= 0.3 is 0 Å². The van der Waals surface area contributed by atoms with Crippen LogP contribution < -0.4 is 11.1 Å². The maximum atomic E-state index is 6.07. The average molecular weight is 495 g/mol. The van der Waals surface area contributed by atoms with Crippen molar-refractivity contribution in [3.63, 3.8) is 0 Å². The van der Waals surface area contributed by atoms with E-state index in [1.54, 1.807) is 11.3 Å². The van der Waals surface area contributed by atoms with Gasteiger partial charge in [-0.3, -0.25) is 14.8 Å². The number of nitrogens with zero attached hydrogens (tertiary/aromatic N) is 3. The number of nitrogens with two attached hydrogens (primary N) is 1. The summed E-state index contributed by atoms with van der Waals surface area (Å²) in [6.45, 7) is 12.8. The molecule has 0 aliphatic carbocycles. The second-order valence-corrected chi connectivity index (χ2v) is 7.03. The Balaban J connectivity index is 0.00000338. The molecule has 2 heterocycles. The summed E-state index contributed by atoms with van der Waals surface area (Å²) in [5, 5.41) is 7.59. The quantitative estimate of drug-likeness (QED) is 0.226. The van der Waals surface area contributed by atoms with Gasteiger partial charge in [0.25, 0.3) is 0 Å². The summed E-state index contributed by atoms with van der Waals surface area (Å²) in [5.74, 6) is 0.550. The third-order valence-corrected chi connectivity index (χ3v) is 5.38. The van der Waals surface area contributed by atoms with Gasteiger partial charge < -0.3 is 15.8 Å². The van der Waals surface area contributed by atoms with Crippen molar-refractivity contribution in [3.05, 3.63) is 22.4 Å². The predicted molar refractivity (Wildman–Crippen MR) is 122 cm³/mol. The van der Waals surface area contributed by atoms with E-state index >= 15 is 0 Å². The lowest BCUT2D eigenvalue weighted by molar-refractivity contribution is 0.0376. The highest BCUT2D eigenvalue weighted by molar-refractivity contribution is 14.0. The van der Waals surface area contributed by atoms with Crippen LogP contribution in [0.5, 0.6) is 0 Å². The number of halogens is 1. The van der Waals surface area contributed by atoms with Gasteiger partial charge in [0.2, 0.25) is 0 Å². The topological polar surface area (TPSA) is 66.1 Å². The largest absolute Gasteiger partial charge is 0.379 e. The van der Waals surface area contributed by atoms with Crippen LogP contribution >= 0.6 is 35.3 Å². The van der Waals surface area contributed by atoms with Crippen LogP contribution in [0.4, 0.5) is 0 Å². The summed E-state index contributed by atoms with van der Waals surface area (Å²) in [5.41, 5.74) is 7.40.